The van der Waals surface area contributed by atoms with Crippen molar-refractivity contribution in [2.45, 2.75) is 58.9 Å². The average molecular weight is 347 g/mol. The molecule has 0 saturated carbocycles. The number of nitrogens with zero attached hydrogens (tertiary/aromatic N) is 1. The lowest BCUT2D eigenvalue weighted by atomic mass is 9.89. The van der Waals surface area contributed by atoms with E-state index in [0.717, 1.165) is 12.0 Å². The average Bonchev–Trinajstić information content (AvgIpc) is 2.56. The number of Topliss-reactive ketones (excluding diaryl/α,β-unsaturated/α-hetero) is 1. The van der Waals surface area contributed by atoms with E-state index >= 15 is 0 Å². The van der Waals surface area contributed by atoms with E-state index in [9.17, 15) is 4.79 Å². The zero-order valence-corrected chi connectivity index (χ0v) is 16.4. The zero-order chi connectivity index (χ0) is 18.8. The summed E-state index contributed by atoms with van der Waals surface area (Å²) in [7, 11) is 2.20. The number of carbonyl (C=O) groups is 2. The lowest BCUT2D eigenvalue weighted by Crippen LogP contribution is -2.29. The van der Waals surface area contributed by atoms with Gasteiger partial charge < -0.3 is 15.0 Å². The van der Waals surface area contributed by atoms with Crippen LogP contribution in [-0.2, 0) is 9.59 Å². The van der Waals surface area contributed by atoms with Crippen LogP contribution in [0.2, 0.25) is 0 Å². The van der Waals surface area contributed by atoms with Gasteiger partial charge in [-0.15, -0.1) is 0 Å². The first-order valence-electron chi connectivity index (χ1n) is 9.34. The number of aldehydes is 1. The first-order chi connectivity index (χ1) is 11.9. The third-order valence-corrected chi connectivity index (χ3v) is 4.64. The Morgan fingerprint density at radius 2 is 1.88 bits per heavy atom. The van der Waals surface area contributed by atoms with E-state index in [1.54, 1.807) is 0 Å². The molecule has 1 heterocycles. The molecule has 4 heteroatoms. The van der Waals surface area contributed by atoms with E-state index in [2.05, 4.69) is 48.5 Å². The summed E-state index contributed by atoms with van der Waals surface area (Å²) in [5.74, 6) is 1.12. The summed E-state index contributed by atoms with van der Waals surface area (Å²) in [5, 5.41) is 3.48. The van der Waals surface area contributed by atoms with Crippen molar-refractivity contribution in [2.24, 2.45) is 5.92 Å². The highest BCUT2D eigenvalue weighted by molar-refractivity contribution is 5.81. The molecule has 0 amide bonds. The number of piperidine rings is 1. The predicted octanol–water partition coefficient (Wildman–Crippen LogP) is 4.12. The molecule has 1 aromatic rings. The molecule has 1 aliphatic heterocycles. The Kier molecular flexibility index (Phi) is 9.43. The van der Waals surface area contributed by atoms with Crippen LogP contribution in [0.4, 0.5) is 5.69 Å². The second-order valence-corrected chi connectivity index (χ2v) is 7.31. The molecule has 1 aliphatic rings. The standard InChI is InChI=1S/C19H30N2O.C2H4O/c1-14(2)19(22)12-15(3)20-18-7-5-6-17(13-18)16-8-10-21(4)11-9-16;1-2-3/h5-7,13-16,20H,8-12H2,1-4H3;2H,1H3. The van der Waals surface area contributed by atoms with E-state index in [1.807, 2.05) is 13.8 Å². The molecule has 0 spiro atoms. The van der Waals surface area contributed by atoms with Crippen LogP contribution in [0.25, 0.3) is 0 Å². The molecule has 1 aromatic carbocycles. The van der Waals surface area contributed by atoms with E-state index in [1.165, 1.54) is 38.4 Å². The molecule has 140 valence electrons. The number of carbonyl (C=O) groups excluding carboxylic acids is 2. The van der Waals surface area contributed by atoms with Crippen LogP contribution in [0.5, 0.6) is 0 Å². The third-order valence-electron chi connectivity index (χ3n) is 4.64. The monoisotopic (exact) mass is 346 g/mol. The van der Waals surface area contributed by atoms with Crippen LogP contribution in [0.15, 0.2) is 24.3 Å². The Bertz CT molecular complexity index is 534. The number of likely N-dealkylation sites (tertiary alicyclic amines) is 1. The minimum Gasteiger partial charge on any atom is -0.382 e. The highest BCUT2D eigenvalue weighted by Gasteiger charge is 2.19. The number of ketones is 1. The quantitative estimate of drug-likeness (QED) is 0.787. The summed E-state index contributed by atoms with van der Waals surface area (Å²) in [6.07, 6.45) is 3.82. The van der Waals surface area contributed by atoms with Crippen LogP contribution in [0.1, 0.15) is 58.4 Å². The van der Waals surface area contributed by atoms with E-state index in [0.29, 0.717) is 18.1 Å². The molecule has 0 aromatic heterocycles. The predicted molar refractivity (Wildman–Crippen MR) is 105 cm³/mol. The van der Waals surface area contributed by atoms with E-state index in [4.69, 9.17) is 4.79 Å². The zero-order valence-electron chi connectivity index (χ0n) is 16.4. The maximum absolute atomic E-state index is 11.8. The van der Waals surface area contributed by atoms with Gasteiger partial charge in [-0.3, -0.25) is 4.79 Å². The van der Waals surface area contributed by atoms with Crippen molar-refractivity contribution >= 4 is 17.8 Å². The van der Waals surface area contributed by atoms with Crippen molar-refractivity contribution in [2.75, 3.05) is 25.5 Å². The Morgan fingerprint density at radius 1 is 1.28 bits per heavy atom. The van der Waals surface area contributed by atoms with Gasteiger partial charge in [0.15, 0.2) is 0 Å². The molecule has 0 bridgehead atoms. The molecule has 2 rings (SSSR count). The summed E-state index contributed by atoms with van der Waals surface area (Å²) < 4.78 is 0. The Balaban J connectivity index is 0.000000970. The number of hydrogen-bond donors (Lipinski definition) is 1. The first kappa shape index (κ1) is 21.4. The van der Waals surface area contributed by atoms with Crippen LogP contribution >= 0.6 is 0 Å². The van der Waals surface area contributed by atoms with Crippen LogP contribution in [0, 0.1) is 5.92 Å². The molecule has 0 radical (unpaired) electrons. The number of hydrogen-bond acceptors (Lipinski definition) is 4. The topological polar surface area (TPSA) is 49.4 Å². The lowest BCUT2D eigenvalue weighted by molar-refractivity contribution is -0.122. The van der Waals surface area contributed by atoms with Crippen molar-refractivity contribution in [1.82, 2.24) is 4.90 Å². The molecule has 1 saturated heterocycles. The summed E-state index contributed by atoms with van der Waals surface area (Å²) in [5.41, 5.74) is 2.57. The maximum Gasteiger partial charge on any atom is 0.137 e. The first-order valence-corrected chi connectivity index (χ1v) is 9.34. The van der Waals surface area contributed by atoms with Gasteiger partial charge in [0.05, 0.1) is 0 Å². The molecular formula is C21H34N2O2. The van der Waals surface area contributed by atoms with Crippen molar-refractivity contribution in [3.8, 4) is 0 Å². The third kappa shape index (κ3) is 7.82. The van der Waals surface area contributed by atoms with Crippen LogP contribution in [0.3, 0.4) is 0 Å². The molecule has 25 heavy (non-hydrogen) atoms. The van der Waals surface area contributed by atoms with Crippen LogP contribution < -0.4 is 5.32 Å². The van der Waals surface area contributed by atoms with Gasteiger partial charge >= 0.3 is 0 Å². The molecule has 1 N–H and O–H groups in total. The minimum atomic E-state index is 0.120. The second kappa shape index (κ2) is 11.0. The number of anilines is 1. The number of nitrogens with one attached hydrogen (secondary N) is 1. The molecule has 1 fully saturated rings. The highest BCUT2D eigenvalue weighted by atomic mass is 16.1. The molecular weight excluding hydrogens is 312 g/mol. The summed E-state index contributed by atoms with van der Waals surface area (Å²) >= 11 is 0. The maximum atomic E-state index is 11.8. The summed E-state index contributed by atoms with van der Waals surface area (Å²) in [6.45, 7) is 9.83. The minimum absolute atomic E-state index is 0.120. The largest absolute Gasteiger partial charge is 0.382 e. The summed E-state index contributed by atoms with van der Waals surface area (Å²) in [4.78, 5) is 23.1. The normalized spacial score (nSPS) is 16.7. The van der Waals surface area contributed by atoms with E-state index in [-0.39, 0.29) is 12.0 Å². The van der Waals surface area contributed by atoms with Gasteiger partial charge in [-0.2, -0.15) is 0 Å². The van der Waals surface area contributed by atoms with E-state index < -0.39 is 0 Å². The highest BCUT2D eigenvalue weighted by Crippen LogP contribution is 2.29. The molecule has 4 nitrogen and oxygen atoms in total. The van der Waals surface area contributed by atoms with Crippen molar-refractivity contribution in [3.63, 3.8) is 0 Å². The fourth-order valence-electron chi connectivity index (χ4n) is 3.10. The SMILES string of the molecule is CC(CC(=O)C(C)C)Nc1cccc(C2CCN(C)CC2)c1.CC=O. The van der Waals surface area contributed by atoms with Gasteiger partial charge in [0.2, 0.25) is 0 Å². The fraction of sp³-hybridized carbons (Fsp3) is 0.619. The van der Waals surface area contributed by atoms with Crippen molar-refractivity contribution in [1.29, 1.82) is 0 Å². The summed E-state index contributed by atoms with van der Waals surface area (Å²) in [6, 6.07) is 8.93. The van der Waals surface area contributed by atoms with Crippen molar-refractivity contribution < 1.29 is 9.59 Å². The van der Waals surface area contributed by atoms with Gasteiger partial charge in [0.1, 0.15) is 12.1 Å². The van der Waals surface area contributed by atoms with Gasteiger partial charge in [0.25, 0.3) is 0 Å². The molecule has 0 aliphatic carbocycles. The van der Waals surface area contributed by atoms with Gasteiger partial charge in [-0.25, -0.2) is 0 Å². The van der Waals surface area contributed by atoms with Gasteiger partial charge in [-0.1, -0.05) is 26.0 Å². The Hall–Kier alpha value is -1.68. The smallest absolute Gasteiger partial charge is 0.137 e. The molecule has 1 atom stereocenters. The molecule has 1 unspecified atom stereocenters. The second-order valence-electron chi connectivity index (χ2n) is 7.31. The van der Waals surface area contributed by atoms with Crippen molar-refractivity contribution in [3.05, 3.63) is 29.8 Å². The van der Waals surface area contributed by atoms with Crippen LogP contribution in [-0.4, -0.2) is 43.1 Å². The Labute approximate surface area is 153 Å². The van der Waals surface area contributed by atoms with Gasteiger partial charge in [-0.05, 0) is 70.4 Å². The fourth-order valence-corrected chi connectivity index (χ4v) is 3.10. The Morgan fingerprint density at radius 3 is 2.44 bits per heavy atom. The lowest BCUT2D eigenvalue weighted by Gasteiger charge is -2.29. The number of rotatable bonds is 6. The number of benzene rings is 1. The van der Waals surface area contributed by atoms with Gasteiger partial charge in [0, 0.05) is 24.1 Å².